The van der Waals surface area contributed by atoms with E-state index in [1.54, 1.807) is 6.20 Å². The molecule has 0 saturated heterocycles. The molecule has 2 rings (SSSR count). The Balaban J connectivity index is 2.21. The summed E-state index contributed by atoms with van der Waals surface area (Å²) in [7, 11) is 0. The number of aromatic nitrogens is 1. The van der Waals surface area contributed by atoms with Gasteiger partial charge in [-0.05, 0) is 36.1 Å². The van der Waals surface area contributed by atoms with Crippen molar-refractivity contribution < 1.29 is 0 Å². The fourth-order valence-electron chi connectivity index (χ4n) is 1.84. The lowest BCUT2D eigenvalue weighted by Crippen LogP contribution is -2.16. The first-order valence-corrected chi connectivity index (χ1v) is 6.46. The van der Waals surface area contributed by atoms with Crippen molar-refractivity contribution in [2.24, 2.45) is 11.8 Å². The molecule has 1 heterocycles. The van der Waals surface area contributed by atoms with E-state index in [0.717, 1.165) is 28.8 Å². The smallest absolute Gasteiger partial charge is 0.0724 e. The third-order valence-electron chi connectivity index (χ3n) is 3.58. The molecule has 1 unspecified atom stereocenters. The molecule has 18 heavy (non-hydrogen) atoms. The van der Waals surface area contributed by atoms with Crippen LogP contribution < -0.4 is 11.1 Å². The van der Waals surface area contributed by atoms with Gasteiger partial charge in [-0.15, -0.1) is 0 Å². The van der Waals surface area contributed by atoms with Crippen molar-refractivity contribution in [2.45, 2.75) is 20.8 Å². The number of benzene rings is 1. The maximum Gasteiger partial charge on any atom is 0.0724 e. The molecular formula is C15H21N3. The third-order valence-corrected chi connectivity index (χ3v) is 3.58. The van der Waals surface area contributed by atoms with Crippen LogP contribution in [0, 0.1) is 11.8 Å². The molecule has 0 amide bonds. The van der Waals surface area contributed by atoms with Crippen LogP contribution in [-0.2, 0) is 0 Å². The Morgan fingerprint density at radius 3 is 2.72 bits per heavy atom. The van der Waals surface area contributed by atoms with Gasteiger partial charge in [0.15, 0.2) is 0 Å². The van der Waals surface area contributed by atoms with Gasteiger partial charge in [0.2, 0.25) is 0 Å². The summed E-state index contributed by atoms with van der Waals surface area (Å²) in [5.74, 6) is 1.29. The number of fused-ring (bicyclic) bond motifs is 1. The monoisotopic (exact) mass is 243 g/mol. The Bertz CT molecular complexity index is 534. The number of nitrogens with two attached hydrogens (primary N) is 1. The molecule has 3 nitrogen and oxygen atoms in total. The number of hydrogen-bond donors (Lipinski definition) is 2. The van der Waals surface area contributed by atoms with Crippen LogP contribution in [0.2, 0.25) is 0 Å². The molecule has 1 atom stereocenters. The maximum atomic E-state index is 6.18. The lowest BCUT2D eigenvalue weighted by molar-refractivity contribution is 0.440. The average Bonchev–Trinajstić information content (AvgIpc) is 2.38. The summed E-state index contributed by atoms with van der Waals surface area (Å²) in [5, 5.41) is 4.45. The number of nitrogen functional groups attached to an aromatic ring is 1. The molecule has 0 aliphatic heterocycles. The minimum absolute atomic E-state index is 0.619. The summed E-state index contributed by atoms with van der Waals surface area (Å²) in [6, 6.07) is 7.94. The van der Waals surface area contributed by atoms with Gasteiger partial charge in [-0.1, -0.05) is 20.8 Å². The molecule has 0 aliphatic carbocycles. The zero-order valence-electron chi connectivity index (χ0n) is 11.3. The lowest BCUT2D eigenvalue weighted by atomic mass is 9.98. The molecule has 0 fully saturated rings. The second kappa shape index (κ2) is 5.25. The molecule has 3 heteroatoms. The van der Waals surface area contributed by atoms with Crippen molar-refractivity contribution in [3.63, 3.8) is 0 Å². The summed E-state index contributed by atoms with van der Waals surface area (Å²) in [4.78, 5) is 4.30. The second-order valence-electron chi connectivity index (χ2n) is 5.20. The number of rotatable bonds is 4. The largest absolute Gasteiger partial charge is 0.397 e. The maximum absolute atomic E-state index is 6.18. The predicted molar refractivity (Wildman–Crippen MR) is 78.6 cm³/mol. The highest BCUT2D eigenvalue weighted by atomic mass is 14.9. The SMILES string of the molecule is CC(C)C(C)CNc1ccc2ncccc2c1N. The van der Waals surface area contributed by atoms with Gasteiger partial charge in [-0.3, -0.25) is 4.98 Å². The van der Waals surface area contributed by atoms with E-state index >= 15 is 0 Å². The molecule has 1 aromatic heterocycles. The van der Waals surface area contributed by atoms with E-state index in [0.29, 0.717) is 11.8 Å². The van der Waals surface area contributed by atoms with Crippen molar-refractivity contribution in [3.8, 4) is 0 Å². The van der Waals surface area contributed by atoms with Gasteiger partial charge in [0.1, 0.15) is 0 Å². The zero-order chi connectivity index (χ0) is 13.1. The van der Waals surface area contributed by atoms with E-state index in [-0.39, 0.29) is 0 Å². The molecule has 0 aliphatic rings. The summed E-state index contributed by atoms with van der Waals surface area (Å²) >= 11 is 0. The molecule has 96 valence electrons. The van der Waals surface area contributed by atoms with Crippen molar-refractivity contribution >= 4 is 22.3 Å². The van der Waals surface area contributed by atoms with Gasteiger partial charge < -0.3 is 11.1 Å². The summed E-state index contributed by atoms with van der Waals surface area (Å²) in [6.07, 6.45) is 1.79. The van der Waals surface area contributed by atoms with Crippen molar-refractivity contribution in [1.82, 2.24) is 4.98 Å². The lowest BCUT2D eigenvalue weighted by Gasteiger charge is -2.18. The summed E-state index contributed by atoms with van der Waals surface area (Å²) < 4.78 is 0. The van der Waals surface area contributed by atoms with E-state index in [4.69, 9.17) is 5.73 Å². The van der Waals surface area contributed by atoms with Crippen molar-refractivity contribution in [3.05, 3.63) is 30.5 Å². The highest BCUT2D eigenvalue weighted by Gasteiger charge is 2.09. The van der Waals surface area contributed by atoms with Crippen LogP contribution in [0.4, 0.5) is 11.4 Å². The Morgan fingerprint density at radius 2 is 2.00 bits per heavy atom. The topological polar surface area (TPSA) is 50.9 Å². The third kappa shape index (κ3) is 2.55. The van der Waals surface area contributed by atoms with Crippen LogP contribution >= 0.6 is 0 Å². The first-order valence-electron chi connectivity index (χ1n) is 6.46. The van der Waals surface area contributed by atoms with Gasteiger partial charge in [-0.25, -0.2) is 0 Å². The summed E-state index contributed by atoms with van der Waals surface area (Å²) in [6.45, 7) is 7.66. The minimum Gasteiger partial charge on any atom is -0.397 e. The van der Waals surface area contributed by atoms with E-state index in [1.165, 1.54) is 0 Å². The molecule has 1 aromatic carbocycles. The van der Waals surface area contributed by atoms with Crippen LogP contribution in [0.3, 0.4) is 0 Å². The first-order chi connectivity index (χ1) is 8.59. The number of anilines is 2. The van der Waals surface area contributed by atoms with E-state index in [9.17, 15) is 0 Å². The minimum atomic E-state index is 0.619. The van der Waals surface area contributed by atoms with Gasteiger partial charge in [0, 0.05) is 18.1 Å². The quantitative estimate of drug-likeness (QED) is 0.808. The fourth-order valence-corrected chi connectivity index (χ4v) is 1.84. The van der Waals surface area contributed by atoms with E-state index in [1.807, 2.05) is 24.3 Å². The Kier molecular flexibility index (Phi) is 3.70. The second-order valence-corrected chi connectivity index (χ2v) is 5.20. The van der Waals surface area contributed by atoms with Gasteiger partial charge in [0.25, 0.3) is 0 Å². The standard InChI is InChI=1S/C15H21N3/c1-10(2)11(3)9-18-14-7-6-13-12(15(14)16)5-4-8-17-13/h4-8,10-11,18H,9,16H2,1-3H3. The zero-order valence-corrected chi connectivity index (χ0v) is 11.3. The summed E-state index contributed by atoms with van der Waals surface area (Å²) in [5.41, 5.74) is 8.91. The van der Waals surface area contributed by atoms with Crippen LogP contribution in [-0.4, -0.2) is 11.5 Å². The van der Waals surface area contributed by atoms with Crippen LogP contribution in [0.15, 0.2) is 30.5 Å². The number of hydrogen-bond acceptors (Lipinski definition) is 3. The van der Waals surface area contributed by atoms with E-state index < -0.39 is 0 Å². The van der Waals surface area contributed by atoms with Gasteiger partial charge >= 0.3 is 0 Å². The molecule has 2 aromatic rings. The number of nitrogens with zero attached hydrogens (tertiary/aromatic N) is 1. The highest BCUT2D eigenvalue weighted by molar-refractivity contribution is 5.96. The van der Waals surface area contributed by atoms with Crippen molar-refractivity contribution in [1.29, 1.82) is 0 Å². The Labute approximate surface area is 108 Å². The molecule has 0 radical (unpaired) electrons. The van der Waals surface area contributed by atoms with Gasteiger partial charge in [-0.2, -0.15) is 0 Å². The Morgan fingerprint density at radius 1 is 1.22 bits per heavy atom. The fraction of sp³-hybridized carbons (Fsp3) is 0.400. The predicted octanol–water partition coefficient (Wildman–Crippen LogP) is 3.52. The molecular weight excluding hydrogens is 222 g/mol. The van der Waals surface area contributed by atoms with Crippen molar-refractivity contribution in [2.75, 3.05) is 17.6 Å². The number of pyridine rings is 1. The van der Waals surface area contributed by atoms with Gasteiger partial charge in [0.05, 0.1) is 16.9 Å². The molecule has 0 bridgehead atoms. The average molecular weight is 243 g/mol. The molecule has 0 spiro atoms. The molecule has 0 saturated carbocycles. The first kappa shape index (κ1) is 12.7. The van der Waals surface area contributed by atoms with E-state index in [2.05, 4.69) is 31.1 Å². The number of nitrogens with one attached hydrogen (secondary N) is 1. The van der Waals surface area contributed by atoms with Crippen LogP contribution in [0.25, 0.3) is 10.9 Å². The van der Waals surface area contributed by atoms with Crippen LogP contribution in [0.5, 0.6) is 0 Å². The van der Waals surface area contributed by atoms with Crippen LogP contribution in [0.1, 0.15) is 20.8 Å². The highest BCUT2D eigenvalue weighted by Crippen LogP contribution is 2.27. The Hall–Kier alpha value is -1.77. The molecule has 3 N–H and O–H groups in total. The normalized spacial score (nSPS) is 12.9.